The number of ether oxygens (including phenoxy) is 1. The highest BCUT2D eigenvalue weighted by Crippen LogP contribution is 2.34. The van der Waals surface area contributed by atoms with E-state index in [0.29, 0.717) is 12.5 Å². The maximum absolute atomic E-state index is 12.1. The summed E-state index contributed by atoms with van der Waals surface area (Å²) in [5.41, 5.74) is 7.24. The van der Waals surface area contributed by atoms with Gasteiger partial charge >= 0.3 is 6.09 Å². The number of likely N-dealkylation sites (tertiary alicyclic amines) is 1. The number of benzene rings is 1. The molecule has 1 saturated heterocycles. The van der Waals surface area contributed by atoms with Gasteiger partial charge in [0.2, 0.25) is 0 Å². The van der Waals surface area contributed by atoms with Crippen LogP contribution in [0.15, 0.2) is 30.3 Å². The third-order valence-electron chi connectivity index (χ3n) is 4.70. The number of hydrogen-bond acceptors (Lipinski definition) is 3. The fraction of sp³-hybridized carbons (Fsp3) is 0.588. The zero-order chi connectivity index (χ0) is 14.7. The van der Waals surface area contributed by atoms with E-state index >= 15 is 0 Å². The third-order valence-corrected chi connectivity index (χ3v) is 4.70. The van der Waals surface area contributed by atoms with Crippen molar-refractivity contribution >= 4 is 6.09 Å². The lowest BCUT2D eigenvalue weighted by Crippen LogP contribution is -2.35. The Bertz CT molecular complexity index is 469. The summed E-state index contributed by atoms with van der Waals surface area (Å²) in [6, 6.07) is 10.8. The summed E-state index contributed by atoms with van der Waals surface area (Å²) in [4.78, 5) is 13.8. The van der Waals surface area contributed by atoms with Crippen LogP contribution in [0.5, 0.6) is 0 Å². The molecule has 1 aliphatic carbocycles. The molecule has 0 unspecified atom stereocenters. The van der Waals surface area contributed by atoms with Gasteiger partial charge in [-0.05, 0) is 43.6 Å². The van der Waals surface area contributed by atoms with Gasteiger partial charge in [0.05, 0.1) is 0 Å². The van der Waals surface area contributed by atoms with Crippen LogP contribution in [0.2, 0.25) is 0 Å². The van der Waals surface area contributed by atoms with Crippen molar-refractivity contribution in [3.63, 3.8) is 0 Å². The molecule has 1 amide bonds. The fourth-order valence-corrected chi connectivity index (χ4v) is 3.41. The number of carbonyl (C=O) groups is 1. The van der Waals surface area contributed by atoms with Crippen LogP contribution >= 0.6 is 0 Å². The standard InChI is InChI=1S/C17H24N2O2/c18-15-10-11-19(12-15)17(20)21-16-8-6-14(7-9-16)13-4-2-1-3-5-13/h1-5,14-16H,6-12,18H2/t14?,15-,16?/m1/s1. The van der Waals surface area contributed by atoms with Gasteiger partial charge in [0.1, 0.15) is 6.10 Å². The van der Waals surface area contributed by atoms with Crippen LogP contribution in [0.25, 0.3) is 0 Å². The maximum atomic E-state index is 12.1. The smallest absolute Gasteiger partial charge is 0.410 e. The van der Waals surface area contributed by atoms with Crippen LogP contribution in [0.1, 0.15) is 43.6 Å². The lowest BCUT2D eigenvalue weighted by atomic mass is 9.83. The summed E-state index contributed by atoms with van der Waals surface area (Å²) in [7, 11) is 0. The van der Waals surface area contributed by atoms with Crippen molar-refractivity contribution in [3.05, 3.63) is 35.9 Å². The van der Waals surface area contributed by atoms with E-state index < -0.39 is 0 Å². The Kier molecular flexibility index (Phi) is 4.44. The normalized spacial score (nSPS) is 29.4. The highest BCUT2D eigenvalue weighted by atomic mass is 16.6. The number of nitrogens with two attached hydrogens (primary N) is 1. The van der Waals surface area contributed by atoms with Crippen molar-refractivity contribution in [2.45, 2.75) is 50.2 Å². The second kappa shape index (κ2) is 6.48. The molecule has 1 aliphatic heterocycles. The Labute approximate surface area is 126 Å². The van der Waals surface area contributed by atoms with Crippen LogP contribution < -0.4 is 5.73 Å². The Morgan fingerprint density at radius 1 is 1.10 bits per heavy atom. The van der Waals surface area contributed by atoms with Crippen LogP contribution in [-0.4, -0.2) is 36.2 Å². The largest absolute Gasteiger partial charge is 0.446 e. The molecule has 114 valence electrons. The summed E-state index contributed by atoms with van der Waals surface area (Å²) in [5.74, 6) is 0.612. The molecule has 2 aliphatic rings. The van der Waals surface area contributed by atoms with E-state index in [1.54, 1.807) is 4.90 Å². The van der Waals surface area contributed by atoms with Crippen molar-refractivity contribution in [1.82, 2.24) is 4.90 Å². The van der Waals surface area contributed by atoms with E-state index in [1.807, 2.05) is 0 Å². The summed E-state index contributed by atoms with van der Waals surface area (Å²) >= 11 is 0. The molecule has 0 aromatic heterocycles. The number of nitrogens with zero attached hydrogens (tertiary/aromatic N) is 1. The Balaban J connectivity index is 1.47. The predicted octanol–water partition coefficient (Wildman–Crippen LogP) is 2.88. The van der Waals surface area contributed by atoms with Crippen LogP contribution in [-0.2, 0) is 4.74 Å². The first-order chi connectivity index (χ1) is 10.2. The van der Waals surface area contributed by atoms with E-state index in [0.717, 1.165) is 38.6 Å². The number of hydrogen-bond donors (Lipinski definition) is 1. The highest BCUT2D eigenvalue weighted by molar-refractivity contribution is 5.68. The van der Waals surface area contributed by atoms with Gasteiger partial charge in [-0.2, -0.15) is 0 Å². The van der Waals surface area contributed by atoms with Gasteiger partial charge in [0.15, 0.2) is 0 Å². The van der Waals surface area contributed by atoms with E-state index in [2.05, 4.69) is 30.3 Å². The van der Waals surface area contributed by atoms with Crippen molar-refractivity contribution < 1.29 is 9.53 Å². The average molecular weight is 288 g/mol. The summed E-state index contributed by atoms with van der Waals surface area (Å²) in [6.45, 7) is 1.37. The third kappa shape index (κ3) is 3.56. The molecule has 3 rings (SSSR count). The molecule has 4 heteroatoms. The molecular formula is C17H24N2O2. The van der Waals surface area contributed by atoms with Crippen LogP contribution in [0.3, 0.4) is 0 Å². The average Bonchev–Trinajstić information content (AvgIpc) is 2.96. The topological polar surface area (TPSA) is 55.6 Å². The van der Waals surface area contributed by atoms with Gasteiger partial charge in [0.25, 0.3) is 0 Å². The minimum absolute atomic E-state index is 0.0780. The quantitative estimate of drug-likeness (QED) is 0.910. The molecule has 4 nitrogen and oxygen atoms in total. The Morgan fingerprint density at radius 3 is 2.43 bits per heavy atom. The van der Waals surface area contributed by atoms with E-state index in [1.165, 1.54) is 5.56 Å². The summed E-state index contributed by atoms with van der Waals surface area (Å²) in [6.07, 6.45) is 4.91. The maximum Gasteiger partial charge on any atom is 0.410 e. The SMILES string of the molecule is N[C@@H]1CCN(C(=O)OC2CCC(c3ccccc3)CC2)C1. The molecule has 1 heterocycles. The summed E-state index contributed by atoms with van der Waals surface area (Å²) in [5, 5.41) is 0. The van der Waals surface area contributed by atoms with Gasteiger partial charge < -0.3 is 15.4 Å². The minimum Gasteiger partial charge on any atom is -0.446 e. The van der Waals surface area contributed by atoms with Crippen LogP contribution in [0.4, 0.5) is 4.79 Å². The van der Waals surface area contributed by atoms with Crippen molar-refractivity contribution in [1.29, 1.82) is 0 Å². The van der Waals surface area contributed by atoms with Gasteiger partial charge in [-0.25, -0.2) is 4.79 Å². The zero-order valence-corrected chi connectivity index (χ0v) is 12.4. The first kappa shape index (κ1) is 14.4. The molecular weight excluding hydrogens is 264 g/mol. The molecule has 0 radical (unpaired) electrons. The van der Waals surface area contributed by atoms with Crippen LogP contribution in [0, 0.1) is 0 Å². The Morgan fingerprint density at radius 2 is 1.81 bits per heavy atom. The molecule has 2 fully saturated rings. The first-order valence-electron chi connectivity index (χ1n) is 7.98. The second-order valence-corrected chi connectivity index (χ2v) is 6.26. The van der Waals surface area contributed by atoms with Gasteiger partial charge in [0, 0.05) is 19.1 Å². The van der Waals surface area contributed by atoms with Gasteiger partial charge in [-0.3, -0.25) is 0 Å². The van der Waals surface area contributed by atoms with E-state index in [4.69, 9.17) is 10.5 Å². The minimum atomic E-state index is -0.175. The lowest BCUT2D eigenvalue weighted by Gasteiger charge is -2.29. The van der Waals surface area contributed by atoms with Crippen molar-refractivity contribution in [2.24, 2.45) is 5.73 Å². The number of amides is 1. The van der Waals surface area contributed by atoms with Crippen molar-refractivity contribution in [3.8, 4) is 0 Å². The monoisotopic (exact) mass is 288 g/mol. The first-order valence-corrected chi connectivity index (χ1v) is 7.98. The summed E-state index contributed by atoms with van der Waals surface area (Å²) < 4.78 is 5.64. The highest BCUT2D eigenvalue weighted by Gasteiger charge is 2.29. The van der Waals surface area contributed by atoms with Gasteiger partial charge in [-0.1, -0.05) is 30.3 Å². The van der Waals surface area contributed by atoms with Gasteiger partial charge in [-0.15, -0.1) is 0 Å². The molecule has 2 N–H and O–H groups in total. The molecule has 1 aromatic rings. The molecule has 1 aromatic carbocycles. The zero-order valence-electron chi connectivity index (χ0n) is 12.4. The van der Waals surface area contributed by atoms with E-state index in [9.17, 15) is 4.79 Å². The Hall–Kier alpha value is -1.55. The van der Waals surface area contributed by atoms with E-state index in [-0.39, 0.29) is 18.2 Å². The molecule has 1 atom stereocenters. The molecule has 21 heavy (non-hydrogen) atoms. The number of carbonyl (C=O) groups excluding carboxylic acids is 1. The second-order valence-electron chi connectivity index (χ2n) is 6.26. The predicted molar refractivity (Wildman–Crippen MR) is 82.1 cm³/mol. The molecule has 0 bridgehead atoms. The molecule has 1 saturated carbocycles. The molecule has 0 spiro atoms. The fourth-order valence-electron chi connectivity index (χ4n) is 3.41. The lowest BCUT2D eigenvalue weighted by molar-refractivity contribution is 0.0475. The number of rotatable bonds is 2. The van der Waals surface area contributed by atoms with Crippen molar-refractivity contribution in [2.75, 3.05) is 13.1 Å².